The van der Waals surface area contributed by atoms with E-state index >= 15 is 0 Å². The molecule has 2 N–H and O–H groups in total. The van der Waals surface area contributed by atoms with Gasteiger partial charge in [0.25, 0.3) is 0 Å². The Balaban J connectivity index is 1.90. The highest BCUT2D eigenvalue weighted by Gasteiger charge is 2.10. The standard InChI is InChI=1S/C21H32N4S/c1-16(2)25(5)15-19-10-7-6-9-18(19)14-24-21(22-4)23-13-17(3)20-11-8-12-26-20/h6-12,16-17H,13-15H2,1-5H3,(H2,22,23,24). The third-order valence-corrected chi connectivity index (χ3v) is 5.80. The molecule has 0 fully saturated rings. The van der Waals surface area contributed by atoms with Crippen molar-refractivity contribution in [2.75, 3.05) is 20.6 Å². The third-order valence-electron chi connectivity index (χ3n) is 4.69. The van der Waals surface area contributed by atoms with Crippen LogP contribution in [0.25, 0.3) is 0 Å². The number of hydrogen-bond donors (Lipinski definition) is 2. The van der Waals surface area contributed by atoms with Crippen LogP contribution in [0.5, 0.6) is 0 Å². The highest BCUT2D eigenvalue weighted by Crippen LogP contribution is 2.19. The second-order valence-electron chi connectivity index (χ2n) is 7.00. The summed E-state index contributed by atoms with van der Waals surface area (Å²) in [6.07, 6.45) is 0. The first-order chi connectivity index (χ1) is 12.5. The topological polar surface area (TPSA) is 39.7 Å². The van der Waals surface area contributed by atoms with E-state index in [4.69, 9.17) is 0 Å². The molecule has 0 saturated carbocycles. The van der Waals surface area contributed by atoms with Crippen LogP contribution in [0.1, 0.15) is 42.7 Å². The normalized spacial score (nSPS) is 13.3. The Labute approximate surface area is 162 Å². The van der Waals surface area contributed by atoms with Crippen molar-refractivity contribution >= 4 is 17.3 Å². The Morgan fingerprint density at radius 2 is 1.81 bits per heavy atom. The van der Waals surface area contributed by atoms with Crippen LogP contribution < -0.4 is 10.6 Å². The second kappa shape index (κ2) is 10.3. The van der Waals surface area contributed by atoms with Crippen LogP contribution >= 0.6 is 11.3 Å². The molecule has 5 heteroatoms. The predicted molar refractivity (Wildman–Crippen MR) is 114 cm³/mol. The fraction of sp³-hybridized carbons (Fsp3) is 0.476. The van der Waals surface area contributed by atoms with Crippen molar-refractivity contribution in [2.24, 2.45) is 4.99 Å². The molecule has 1 unspecified atom stereocenters. The molecular formula is C21H32N4S. The Morgan fingerprint density at radius 1 is 1.08 bits per heavy atom. The molecular weight excluding hydrogens is 340 g/mol. The third kappa shape index (κ3) is 6.15. The number of guanidine groups is 1. The lowest BCUT2D eigenvalue weighted by Gasteiger charge is -2.23. The Kier molecular flexibility index (Phi) is 8.13. The number of benzene rings is 1. The summed E-state index contributed by atoms with van der Waals surface area (Å²) >= 11 is 1.81. The number of nitrogens with one attached hydrogen (secondary N) is 2. The Morgan fingerprint density at radius 3 is 2.42 bits per heavy atom. The Bertz CT molecular complexity index is 679. The van der Waals surface area contributed by atoms with Crippen LogP contribution in [-0.2, 0) is 13.1 Å². The number of nitrogens with zero attached hydrogens (tertiary/aromatic N) is 2. The summed E-state index contributed by atoms with van der Waals surface area (Å²) in [5.74, 6) is 1.32. The predicted octanol–water partition coefficient (Wildman–Crippen LogP) is 4.06. The summed E-state index contributed by atoms with van der Waals surface area (Å²) in [6, 6.07) is 13.4. The van der Waals surface area contributed by atoms with Gasteiger partial charge < -0.3 is 10.6 Å². The highest BCUT2D eigenvalue weighted by atomic mass is 32.1. The number of hydrogen-bond acceptors (Lipinski definition) is 3. The van der Waals surface area contributed by atoms with E-state index in [9.17, 15) is 0 Å². The largest absolute Gasteiger partial charge is 0.356 e. The van der Waals surface area contributed by atoms with Gasteiger partial charge in [0.15, 0.2) is 5.96 Å². The van der Waals surface area contributed by atoms with Crippen molar-refractivity contribution in [1.82, 2.24) is 15.5 Å². The van der Waals surface area contributed by atoms with Crippen LogP contribution in [0, 0.1) is 0 Å². The van der Waals surface area contributed by atoms with E-state index in [1.54, 1.807) is 11.3 Å². The van der Waals surface area contributed by atoms with Gasteiger partial charge in [-0.1, -0.05) is 37.3 Å². The van der Waals surface area contributed by atoms with Gasteiger partial charge in [0.05, 0.1) is 0 Å². The van der Waals surface area contributed by atoms with Crippen LogP contribution in [0.4, 0.5) is 0 Å². The van der Waals surface area contributed by atoms with E-state index in [1.807, 2.05) is 7.05 Å². The Hall–Kier alpha value is -1.85. The average Bonchev–Trinajstić information content (AvgIpc) is 3.17. The molecule has 0 radical (unpaired) electrons. The van der Waals surface area contributed by atoms with Crippen LogP contribution in [-0.4, -0.2) is 37.5 Å². The van der Waals surface area contributed by atoms with E-state index in [2.05, 4.69) is 90.1 Å². The minimum atomic E-state index is 0.473. The molecule has 0 amide bonds. The summed E-state index contributed by atoms with van der Waals surface area (Å²) in [5, 5.41) is 9.02. The molecule has 0 bridgehead atoms. The van der Waals surface area contributed by atoms with Gasteiger partial charge in [-0.2, -0.15) is 0 Å². The average molecular weight is 373 g/mol. The highest BCUT2D eigenvalue weighted by molar-refractivity contribution is 7.10. The molecule has 2 rings (SSSR count). The molecule has 0 spiro atoms. The molecule has 0 aliphatic rings. The van der Waals surface area contributed by atoms with Crippen LogP contribution in [0.15, 0.2) is 46.8 Å². The monoisotopic (exact) mass is 372 g/mol. The first-order valence-corrected chi connectivity index (χ1v) is 10.1. The fourth-order valence-electron chi connectivity index (χ4n) is 2.66. The van der Waals surface area contributed by atoms with Gasteiger partial charge in [-0.05, 0) is 43.5 Å². The van der Waals surface area contributed by atoms with Crippen LogP contribution in [0.3, 0.4) is 0 Å². The zero-order valence-corrected chi connectivity index (χ0v) is 17.4. The quantitative estimate of drug-likeness (QED) is 0.542. The lowest BCUT2D eigenvalue weighted by atomic mass is 10.1. The van der Waals surface area contributed by atoms with Crippen molar-refractivity contribution in [2.45, 2.75) is 45.8 Å². The number of thiophene rings is 1. The molecule has 1 aromatic carbocycles. The summed E-state index contributed by atoms with van der Waals surface area (Å²) in [6.45, 7) is 9.29. The molecule has 1 atom stereocenters. The minimum Gasteiger partial charge on any atom is -0.356 e. The van der Waals surface area contributed by atoms with Crippen molar-refractivity contribution in [1.29, 1.82) is 0 Å². The lowest BCUT2D eigenvalue weighted by Crippen LogP contribution is -2.38. The first kappa shape index (κ1) is 20.5. The summed E-state index contributed by atoms with van der Waals surface area (Å²) in [5.41, 5.74) is 2.67. The van der Waals surface area contributed by atoms with Crippen molar-refractivity contribution in [3.8, 4) is 0 Å². The molecule has 2 aromatic rings. The van der Waals surface area contributed by atoms with Gasteiger partial charge in [0, 0.05) is 43.5 Å². The molecule has 0 aliphatic heterocycles. The van der Waals surface area contributed by atoms with Gasteiger partial charge in [0.1, 0.15) is 0 Å². The second-order valence-corrected chi connectivity index (χ2v) is 7.98. The van der Waals surface area contributed by atoms with Gasteiger partial charge in [-0.25, -0.2) is 0 Å². The summed E-state index contributed by atoms with van der Waals surface area (Å²) in [7, 11) is 3.99. The zero-order valence-electron chi connectivity index (χ0n) is 16.6. The molecule has 4 nitrogen and oxygen atoms in total. The van der Waals surface area contributed by atoms with E-state index < -0.39 is 0 Å². The van der Waals surface area contributed by atoms with Crippen molar-refractivity contribution in [3.63, 3.8) is 0 Å². The number of rotatable bonds is 8. The molecule has 1 heterocycles. The van der Waals surface area contributed by atoms with Crippen LogP contribution in [0.2, 0.25) is 0 Å². The maximum atomic E-state index is 4.36. The van der Waals surface area contributed by atoms with Crippen molar-refractivity contribution in [3.05, 3.63) is 57.8 Å². The summed E-state index contributed by atoms with van der Waals surface area (Å²) < 4.78 is 0. The van der Waals surface area contributed by atoms with Gasteiger partial charge in [0.2, 0.25) is 0 Å². The van der Waals surface area contributed by atoms with E-state index in [-0.39, 0.29) is 0 Å². The molecule has 0 aliphatic carbocycles. The first-order valence-electron chi connectivity index (χ1n) is 9.26. The molecule has 1 aromatic heterocycles. The van der Waals surface area contributed by atoms with E-state index in [0.717, 1.165) is 25.6 Å². The SMILES string of the molecule is CN=C(NCc1ccccc1CN(C)C(C)C)NCC(C)c1cccs1. The van der Waals surface area contributed by atoms with Crippen molar-refractivity contribution < 1.29 is 0 Å². The van der Waals surface area contributed by atoms with Gasteiger partial charge in [-0.15, -0.1) is 11.3 Å². The lowest BCUT2D eigenvalue weighted by molar-refractivity contribution is 0.265. The zero-order chi connectivity index (χ0) is 18.9. The minimum absolute atomic E-state index is 0.473. The maximum absolute atomic E-state index is 4.36. The van der Waals surface area contributed by atoms with Gasteiger partial charge >= 0.3 is 0 Å². The van der Waals surface area contributed by atoms with E-state index in [1.165, 1.54) is 16.0 Å². The molecule has 142 valence electrons. The fourth-order valence-corrected chi connectivity index (χ4v) is 3.44. The summed E-state index contributed by atoms with van der Waals surface area (Å²) in [4.78, 5) is 8.12. The number of aliphatic imine (C=N–C) groups is 1. The molecule has 0 saturated heterocycles. The smallest absolute Gasteiger partial charge is 0.191 e. The van der Waals surface area contributed by atoms with Gasteiger partial charge in [-0.3, -0.25) is 9.89 Å². The molecule has 26 heavy (non-hydrogen) atoms. The maximum Gasteiger partial charge on any atom is 0.191 e. The van der Waals surface area contributed by atoms with E-state index in [0.29, 0.717) is 12.0 Å².